The first-order valence-corrected chi connectivity index (χ1v) is 8.35. The predicted molar refractivity (Wildman–Crippen MR) is 81.4 cm³/mol. The summed E-state index contributed by atoms with van der Waals surface area (Å²) in [5.41, 5.74) is 0.679. The molecule has 1 aromatic heterocycles. The molecular formula is C15H18N2O4S. The van der Waals surface area contributed by atoms with Crippen LogP contribution in [0.5, 0.6) is 0 Å². The molecule has 0 saturated heterocycles. The van der Waals surface area contributed by atoms with Crippen LogP contribution in [0.4, 0.5) is 0 Å². The molecule has 0 saturated carbocycles. The standard InChI is InChI=1S/C15H18N2O4S/c1-11(12-4-2-6-14(10-12)22(16,19)20)17-15(18)8-7-13-5-3-9-21-13/h2-6,9-11H,7-8H2,1H3,(H,17,18)(H2,16,19,20). The first-order valence-electron chi connectivity index (χ1n) is 6.81. The number of primary sulfonamides is 1. The number of nitrogens with two attached hydrogens (primary N) is 1. The number of carbonyl (C=O) groups is 1. The molecule has 2 aromatic rings. The largest absolute Gasteiger partial charge is 0.469 e. The fourth-order valence-electron chi connectivity index (χ4n) is 2.05. The normalized spacial score (nSPS) is 12.8. The summed E-state index contributed by atoms with van der Waals surface area (Å²) in [6.45, 7) is 1.78. The van der Waals surface area contributed by atoms with Gasteiger partial charge in [0.1, 0.15) is 5.76 Å². The Hall–Kier alpha value is -2.12. The van der Waals surface area contributed by atoms with E-state index in [1.54, 1.807) is 31.4 Å². The Morgan fingerprint density at radius 3 is 2.73 bits per heavy atom. The number of furan rings is 1. The van der Waals surface area contributed by atoms with E-state index in [0.29, 0.717) is 18.4 Å². The van der Waals surface area contributed by atoms with Crippen molar-refractivity contribution in [3.8, 4) is 0 Å². The van der Waals surface area contributed by atoms with Crippen LogP contribution in [0.3, 0.4) is 0 Å². The maximum Gasteiger partial charge on any atom is 0.238 e. The van der Waals surface area contributed by atoms with Crippen molar-refractivity contribution >= 4 is 15.9 Å². The van der Waals surface area contributed by atoms with Crippen molar-refractivity contribution < 1.29 is 17.6 Å². The second-order valence-corrected chi connectivity index (χ2v) is 6.55. The summed E-state index contributed by atoms with van der Waals surface area (Å²) in [5.74, 6) is 0.615. The number of amides is 1. The molecule has 1 unspecified atom stereocenters. The van der Waals surface area contributed by atoms with E-state index in [2.05, 4.69) is 5.32 Å². The number of aryl methyl sites for hydroxylation is 1. The van der Waals surface area contributed by atoms with Crippen LogP contribution >= 0.6 is 0 Å². The van der Waals surface area contributed by atoms with E-state index in [-0.39, 0.29) is 16.8 Å². The fraction of sp³-hybridized carbons (Fsp3) is 0.267. The van der Waals surface area contributed by atoms with Gasteiger partial charge in [0, 0.05) is 12.8 Å². The second-order valence-electron chi connectivity index (χ2n) is 4.99. The summed E-state index contributed by atoms with van der Waals surface area (Å²) in [7, 11) is -3.75. The monoisotopic (exact) mass is 322 g/mol. The summed E-state index contributed by atoms with van der Waals surface area (Å²) in [6, 6.07) is 9.50. The maximum absolute atomic E-state index is 11.9. The third kappa shape index (κ3) is 4.44. The molecule has 6 nitrogen and oxygen atoms in total. The topological polar surface area (TPSA) is 102 Å². The van der Waals surface area contributed by atoms with Gasteiger partial charge in [-0.05, 0) is 36.8 Å². The molecular weight excluding hydrogens is 304 g/mol. The van der Waals surface area contributed by atoms with Crippen LogP contribution in [-0.2, 0) is 21.2 Å². The highest BCUT2D eigenvalue weighted by Crippen LogP contribution is 2.17. The Bertz CT molecular complexity index is 739. The van der Waals surface area contributed by atoms with E-state index in [1.165, 1.54) is 12.1 Å². The molecule has 1 atom stereocenters. The molecule has 3 N–H and O–H groups in total. The molecule has 1 heterocycles. The minimum Gasteiger partial charge on any atom is -0.469 e. The highest BCUT2D eigenvalue weighted by molar-refractivity contribution is 7.89. The third-order valence-electron chi connectivity index (χ3n) is 3.24. The van der Waals surface area contributed by atoms with E-state index >= 15 is 0 Å². The van der Waals surface area contributed by atoms with Crippen LogP contribution in [0.1, 0.15) is 30.7 Å². The smallest absolute Gasteiger partial charge is 0.238 e. The number of sulfonamides is 1. The molecule has 0 spiro atoms. The molecule has 0 fully saturated rings. The molecule has 0 aliphatic carbocycles. The number of nitrogens with one attached hydrogen (secondary N) is 1. The average molecular weight is 322 g/mol. The average Bonchev–Trinajstić information content (AvgIpc) is 2.97. The summed E-state index contributed by atoms with van der Waals surface area (Å²) in [4.78, 5) is 11.9. The SMILES string of the molecule is CC(NC(=O)CCc1ccco1)c1cccc(S(N)(=O)=O)c1. The highest BCUT2D eigenvalue weighted by Gasteiger charge is 2.13. The van der Waals surface area contributed by atoms with Crippen LogP contribution < -0.4 is 10.5 Å². The summed E-state index contributed by atoms with van der Waals surface area (Å²) in [5, 5.41) is 7.92. The Labute approximate surface area is 129 Å². The van der Waals surface area contributed by atoms with Crippen molar-refractivity contribution in [2.45, 2.75) is 30.7 Å². The number of benzene rings is 1. The zero-order valence-electron chi connectivity index (χ0n) is 12.2. The Morgan fingerprint density at radius 1 is 1.32 bits per heavy atom. The predicted octanol–water partition coefficient (Wildman–Crippen LogP) is 1.74. The van der Waals surface area contributed by atoms with Crippen LogP contribution in [0.2, 0.25) is 0 Å². The van der Waals surface area contributed by atoms with Crippen LogP contribution in [0, 0.1) is 0 Å². The first-order chi connectivity index (χ1) is 10.4. The lowest BCUT2D eigenvalue weighted by molar-refractivity contribution is -0.121. The molecule has 1 aromatic carbocycles. The van der Waals surface area contributed by atoms with Gasteiger partial charge in [-0.2, -0.15) is 0 Å². The molecule has 7 heteroatoms. The second kappa shape index (κ2) is 6.76. The lowest BCUT2D eigenvalue weighted by Crippen LogP contribution is -2.27. The van der Waals surface area contributed by atoms with Crippen molar-refractivity contribution in [3.63, 3.8) is 0 Å². The summed E-state index contributed by atoms with van der Waals surface area (Å²) < 4.78 is 27.9. The molecule has 0 bridgehead atoms. The van der Waals surface area contributed by atoms with E-state index in [1.807, 2.05) is 6.07 Å². The van der Waals surface area contributed by atoms with E-state index in [4.69, 9.17) is 9.56 Å². The number of carbonyl (C=O) groups excluding carboxylic acids is 1. The zero-order chi connectivity index (χ0) is 16.2. The molecule has 0 aliphatic rings. The number of rotatable bonds is 6. The van der Waals surface area contributed by atoms with Crippen molar-refractivity contribution in [2.75, 3.05) is 0 Å². The minimum atomic E-state index is -3.75. The van der Waals surface area contributed by atoms with E-state index < -0.39 is 10.0 Å². The fourth-order valence-corrected chi connectivity index (χ4v) is 2.62. The Kier molecular flexibility index (Phi) is 4.99. The highest BCUT2D eigenvalue weighted by atomic mass is 32.2. The Morgan fingerprint density at radius 2 is 2.09 bits per heavy atom. The minimum absolute atomic E-state index is 0.0293. The molecule has 22 heavy (non-hydrogen) atoms. The van der Waals surface area contributed by atoms with E-state index in [9.17, 15) is 13.2 Å². The van der Waals surface area contributed by atoms with Crippen LogP contribution in [0.25, 0.3) is 0 Å². The quantitative estimate of drug-likeness (QED) is 0.845. The van der Waals surface area contributed by atoms with Crippen molar-refractivity contribution in [1.82, 2.24) is 5.32 Å². The Balaban J connectivity index is 1.96. The first kappa shape index (κ1) is 16.3. The van der Waals surface area contributed by atoms with Crippen molar-refractivity contribution in [3.05, 3.63) is 54.0 Å². The third-order valence-corrected chi connectivity index (χ3v) is 4.15. The van der Waals surface area contributed by atoms with Gasteiger partial charge >= 0.3 is 0 Å². The number of hydrogen-bond acceptors (Lipinski definition) is 4. The van der Waals surface area contributed by atoms with E-state index in [0.717, 1.165) is 5.76 Å². The van der Waals surface area contributed by atoms with Crippen molar-refractivity contribution in [1.29, 1.82) is 0 Å². The lowest BCUT2D eigenvalue weighted by Gasteiger charge is -2.15. The zero-order valence-corrected chi connectivity index (χ0v) is 13.0. The molecule has 118 valence electrons. The van der Waals surface area contributed by atoms with Gasteiger partial charge in [0.25, 0.3) is 0 Å². The van der Waals surface area contributed by atoms with Crippen LogP contribution in [0.15, 0.2) is 52.0 Å². The van der Waals surface area contributed by atoms with Gasteiger partial charge in [0.15, 0.2) is 0 Å². The molecule has 1 amide bonds. The summed E-state index contributed by atoms with van der Waals surface area (Å²) in [6.07, 6.45) is 2.38. The molecule has 0 radical (unpaired) electrons. The van der Waals surface area contributed by atoms with Gasteiger partial charge in [-0.15, -0.1) is 0 Å². The van der Waals surface area contributed by atoms with Gasteiger partial charge in [0.05, 0.1) is 17.2 Å². The van der Waals surface area contributed by atoms with Gasteiger partial charge < -0.3 is 9.73 Å². The summed E-state index contributed by atoms with van der Waals surface area (Å²) >= 11 is 0. The molecule has 0 aliphatic heterocycles. The van der Waals surface area contributed by atoms with Gasteiger partial charge in [-0.25, -0.2) is 13.6 Å². The van der Waals surface area contributed by atoms with Gasteiger partial charge in [0.2, 0.25) is 15.9 Å². The van der Waals surface area contributed by atoms with Crippen molar-refractivity contribution in [2.24, 2.45) is 5.14 Å². The molecule has 2 rings (SSSR count). The number of hydrogen-bond donors (Lipinski definition) is 2. The van der Waals surface area contributed by atoms with Gasteiger partial charge in [-0.3, -0.25) is 4.79 Å². The maximum atomic E-state index is 11.9. The van der Waals surface area contributed by atoms with Gasteiger partial charge in [-0.1, -0.05) is 12.1 Å². The lowest BCUT2D eigenvalue weighted by atomic mass is 10.1. The van der Waals surface area contributed by atoms with Crippen LogP contribution in [-0.4, -0.2) is 14.3 Å².